The number of carbonyl (C=O) groups excluding carboxylic acids is 1. The van der Waals surface area contributed by atoms with E-state index in [9.17, 15) is 15.0 Å². The standard InChI is InChI=1S/C12H17NO3/c1-3-4-8(2)13-12(16)10-7-9(14)5-6-11(10)15/h5-8,14-15H,3-4H2,1-2H3,(H,13,16). The molecule has 1 aromatic rings. The van der Waals surface area contributed by atoms with Crippen molar-refractivity contribution in [3.8, 4) is 11.5 Å². The molecule has 0 fully saturated rings. The summed E-state index contributed by atoms with van der Waals surface area (Å²) in [5.41, 5.74) is 0.1000. The molecule has 88 valence electrons. The Morgan fingerprint density at radius 3 is 2.75 bits per heavy atom. The lowest BCUT2D eigenvalue weighted by atomic mass is 10.1. The number of benzene rings is 1. The maximum absolute atomic E-state index is 11.7. The van der Waals surface area contributed by atoms with E-state index >= 15 is 0 Å². The van der Waals surface area contributed by atoms with Crippen molar-refractivity contribution in [2.45, 2.75) is 32.7 Å². The number of aromatic hydroxyl groups is 2. The average Bonchev–Trinajstić information content (AvgIpc) is 2.21. The second-order valence-corrected chi connectivity index (χ2v) is 3.86. The second-order valence-electron chi connectivity index (χ2n) is 3.86. The molecule has 3 N–H and O–H groups in total. The van der Waals surface area contributed by atoms with Crippen LogP contribution in [0.2, 0.25) is 0 Å². The van der Waals surface area contributed by atoms with Crippen LogP contribution in [0.15, 0.2) is 18.2 Å². The predicted octanol–water partition coefficient (Wildman–Crippen LogP) is 2.02. The molecular weight excluding hydrogens is 206 g/mol. The fourth-order valence-electron chi connectivity index (χ4n) is 1.51. The van der Waals surface area contributed by atoms with Crippen molar-refractivity contribution in [1.82, 2.24) is 5.32 Å². The highest BCUT2D eigenvalue weighted by Crippen LogP contribution is 2.21. The molecule has 0 saturated heterocycles. The van der Waals surface area contributed by atoms with Crippen molar-refractivity contribution in [1.29, 1.82) is 0 Å². The van der Waals surface area contributed by atoms with Crippen molar-refractivity contribution in [3.05, 3.63) is 23.8 Å². The summed E-state index contributed by atoms with van der Waals surface area (Å²) in [6.45, 7) is 3.94. The molecule has 0 heterocycles. The normalized spacial score (nSPS) is 12.1. The largest absolute Gasteiger partial charge is 0.508 e. The number of rotatable bonds is 4. The smallest absolute Gasteiger partial charge is 0.255 e. The van der Waals surface area contributed by atoms with Gasteiger partial charge in [0.05, 0.1) is 5.56 Å². The van der Waals surface area contributed by atoms with Gasteiger partial charge in [0.1, 0.15) is 11.5 Å². The first-order valence-electron chi connectivity index (χ1n) is 5.37. The topological polar surface area (TPSA) is 69.6 Å². The zero-order chi connectivity index (χ0) is 12.1. The summed E-state index contributed by atoms with van der Waals surface area (Å²) in [6.07, 6.45) is 1.86. The van der Waals surface area contributed by atoms with Crippen LogP contribution in [0.1, 0.15) is 37.0 Å². The van der Waals surface area contributed by atoms with Crippen LogP contribution in [0, 0.1) is 0 Å². The molecule has 0 saturated carbocycles. The number of nitrogens with one attached hydrogen (secondary N) is 1. The van der Waals surface area contributed by atoms with Gasteiger partial charge in [-0.25, -0.2) is 0 Å². The highest BCUT2D eigenvalue weighted by Gasteiger charge is 2.13. The Hall–Kier alpha value is -1.71. The Bertz CT molecular complexity index is 377. The third-order valence-corrected chi connectivity index (χ3v) is 2.32. The van der Waals surface area contributed by atoms with E-state index in [4.69, 9.17) is 0 Å². The summed E-state index contributed by atoms with van der Waals surface area (Å²) in [6, 6.07) is 3.94. The Balaban J connectivity index is 2.76. The fraction of sp³-hybridized carbons (Fsp3) is 0.417. The lowest BCUT2D eigenvalue weighted by Crippen LogP contribution is -2.32. The van der Waals surface area contributed by atoms with Crippen LogP contribution in [0.5, 0.6) is 11.5 Å². The van der Waals surface area contributed by atoms with Gasteiger partial charge in [0.25, 0.3) is 5.91 Å². The summed E-state index contributed by atoms with van der Waals surface area (Å²) in [5.74, 6) is -0.528. The molecule has 0 spiro atoms. The minimum Gasteiger partial charge on any atom is -0.508 e. The maximum atomic E-state index is 11.7. The number of amides is 1. The predicted molar refractivity (Wildman–Crippen MR) is 61.6 cm³/mol. The third-order valence-electron chi connectivity index (χ3n) is 2.32. The second kappa shape index (κ2) is 5.39. The van der Waals surface area contributed by atoms with E-state index in [2.05, 4.69) is 5.32 Å². The van der Waals surface area contributed by atoms with Crippen molar-refractivity contribution in [2.75, 3.05) is 0 Å². The summed E-state index contributed by atoms with van der Waals surface area (Å²) >= 11 is 0. The Morgan fingerprint density at radius 2 is 2.12 bits per heavy atom. The SMILES string of the molecule is CCCC(C)NC(=O)c1cc(O)ccc1O. The Labute approximate surface area is 94.9 Å². The maximum Gasteiger partial charge on any atom is 0.255 e. The molecule has 0 aliphatic carbocycles. The van der Waals surface area contributed by atoms with E-state index in [1.807, 2.05) is 13.8 Å². The lowest BCUT2D eigenvalue weighted by Gasteiger charge is -2.13. The van der Waals surface area contributed by atoms with Crippen molar-refractivity contribution in [3.63, 3.8) is 0 Å². The Kier molecular flexibility index (Phi) is 4.17. The summed E-state index contributed by atoms with van der Waals surface area (Å²) in [4.78, 5) is 11.7. The number of carbonyl (C=O) groups is 1. The molecule has 0 radical (unpaired) electrons. The highest BCUT2D eigenvalue weighted by atomic mass is 16.3. The lowest BCUT2D eigenvalue weighted by molar-refractivity contribution is 0.0935. The molecule has 1 rings (SSSR count). The van der Waals surface area contributed by atoms with Crippen LogP contribution in [-0.2, 0) is 0 Å². The van der Waals surface area contributed by atoms with Crippen LogP contribution in [0.3, 0.4) is 0 Å². The summed E-state index contributed by atoms with van der Waals surface area (Å²) in [5, 5.41) is 21.5. The van der Waals surface area contributed by atoms with E-state index in [0.717, 1.165) is 12.8 Å². The molecule has 16 heavy (non-hydrogen) atoms. The molecule has 1 amide bonds. The average molecular weight is 223 g/mol. The van der Waals surface area contributed by atoms with Gasteiger partial charge in [0.2, 0.25) is 0 Å². The van der Waals surface area contributed by atoms with Gasteiger partial charge in [-0.1, -0.05) is 13.3 Å². The Morgan fingerprint density at radius 1 is 1.44 bits per heavy atom. The van der Waals surface area contributed by atoms with Crippen LogP contribution in [0.4, 0.5) is 0 Å². The van der Waals surface area contributed by atoms with E-state index in [1.165, 1.54) is 18.2 Å². The fourth-order valence-corrected chi connectivity index (χ4v) is 1.51. The quantitative estimate of drug-likeness (QED) is 0.684. The van der Waals surface area contributed by atoms with Gasteiger partial charge < -0.3 is 15.5 Å². The first kappa shape index (κ1) is 12.4. The molecule has 1 unspecified atom stereocenters. The first-order chi connectivity index (χ1) is 7.54. The van der Waals surface area contributed by atoms with Crippen molar-refractivity contribution >= 4 is 5.91 Å². The molecule has 0 aromatic heterocycles. The molecule has 1 aromatic carbocycles. The summed E-state index contributed by atoms with van der Waals surface area (Å²) in [7, 11) is 0. The highest BCUT2D eigenvalue weighted by molar-refractivity contribution is 5.97. The molecule has 4 heteroatoms. The van der Waals surface area contributed by atoms with Gasteiger partial charge in [0.15, 0.2) is 0 Å². The minimum atomic E-state index is -0.366. The van der Waals surface area contributed by atoms with Gasteiger partial charge in [-0.2, -0.15) is 0 Å². The molecule has 1 atom stereocenters. The van der Waals surface area contributed by atoms with Gasteiger partial charge in [-0.05, 0) is 31.5 Å². The number of phenols is 2. The van der Waals surface area contributed by atoms with Crippen LogP contribution in [0.25, 0.3) is 0 Å². The molecule has 4 nitrogen and oxygen atoms in total. The van der Waals surface area contributed by atoms with E-state index < -0.39 is 0 Å². The van der Waals surface area contributed by atoms with Gasteiger partial charge in [-0.15, -0.1) is 0 Å². The third kappa shape index (κ3) is 3.15. The van der Waals surface area contributed by atoms with Crippen LogP contribution >= 0.6 is 0 Å². The number of hydrogen-bond acceptors (Lipinski definition) is 3. The van der Waals surface area contributed by atoms with Crippen LogP contribution < -0.4 is 5.32 Å². The molecule has 0 aliphatic heterocycles. The number of hydrogen-bond donors (Lipinski definition) is 3. The molecular formula is C12H17NO3. The van der Waals surface area contributed by atoms with Gasteiger partial charge in [0, 0.05) is 6.04 Å². The van der Waals surface area contributed by atoms with Gasteiger partial charge >= 0.3 is 0 Å². The minimum absolute atomic E-state index is 0.0360. The van der Waals surface area contributed by atoms with E-state index in [1.54, 1.807) is 0 Å². The van der Waals surface area contributed by atoms with Crippen molar-refractivity contribution in [2.24, 2.45) is 0 Å². The monoisotopic (exact) mass is 223 g/mol. The zero-order valence-electron chi connectivity index (χ0n) is 9.53. The first-order valence-corrected chi connectivity index (χ1v) is 5.37. The zero-order valence-corrected chi connectivity index (χ0v) is 9.53. The van der Waals surface area contributed by atoms with Crippen molar-refractivity contribution < 1.29 is 15.0 Å². The van der Waals surface area contributed by atoms with E-state index in [-0.39, 0.29) is 29.0 Å². The van der Waals surface area contributed by atoms with Crippen LogP contribution in [-0.4, -0.2) is 22.2 Å². The van der Waals surface area contributed by atoms with Gasteiger partial charge in [-0.3, -0.25) is 4.79 Å². The summed E-state index contributed by atoms with van der Waals surface area (Å²) < 4.78 is 0. The molecule has 0 aliphatic rings. The van der Waals surface area contributed by atoms with E-state index in [0.29, 0.717) is 0 Å². The molecule has 0 bridgehead atoms. The number of phenolic OH excluding ortho intramolecular Hbond substituents is 2.